The molecule has 0 aliphatic rings. The van der Waals surface area contributed by atoms with Crippen molar-refractivity contribution in [1.82, 2.24) is 4.98 Å². The van der Waals surface area contributed by atoms with Gasteiger partial charge in [0.1, 0.15) is 17.0 Å². The summed E-state index contributed by atoms with van der Waals surface area (Å²) in [5, 5.41) is 11.0. The van der Waals surface area contributed by atoms with Gasteiger partial charge in [0.25, 0.3) is 0 Å². The van der Waals surface area contributed by atoms with Crippen molar-refractivity contribution < 1.29 is 19.1 Å². The van der Waals surface area contributed by atoms with Crippen molar-refractivity contribution in [2.45, 2.75) is 0 Å². The number of pyridine rings is 1. The number of halogens is 1. The lowest BCUT2D eigenvalue weighted by molar-refractivity contribution is 0.0699. The van der Waals surface area contributed by atoms with Crippen molar-refractivity contribution in [3.8, 4) is 17.2 Å². The average Bonchev–Trinajstić information content (AvgIpc) is 3.04. The van der Waals surface area contributed by atoms with Crippen LogP contribution in [0.5, 0.6) is 5.75 Å². The van der Waals surface area contributed by atoms with Crippen LogP contribution in [0.15, 0.2) is 57.4 Å². The van der Waals surface area contributed by atoms with Crippen molar-refractivity contribution >= 4 is 43.8 Å². The molecule has 0 saturated heterocycles. The van der Waals surface area contributed by atoms with E-state index in [4.69, 9.17) is 9.15 Å². The molecule has 124 valence electrons. The van der Waals surface area contributed by atoms with Crippen LogP contribution in [0.25, 0.3) is 33.3 Å². The number of benzene rings is 2. The number of ether oxygens (including phenoxy) is 1. The van der Waals surface area contributed by atoms with E-state index in [1.165, 1.54) is 6.07 Å². The zero-order valence-electron chi connectivity index (χ0n) is 13.1. The lowest BCUT2D eigenvalue weighted by Gasteiger charge is -2.06. The highest BCUT2D eigenvalue weighted by molar-refractivity contribution is 9.10. The largest absolute Gasteiger partial charge is 0.497 e. The molecule has 0 fully saturated rings. The van der Waals surface area contributed by atoms with Crippen LogP contribution < -0.4 is 4.74 Å². The van der Waals surface area contributed by atoms with Crippen LogP contribution in [0.3, 0.4) is 0 Å². The Balaban J connectivity index is 1.97. The Morgan fingerprint density at radius 3 is 2.80 bits per heavy atom. The molecule has 0 atom stereocenters. The van der Waals surface area contributed by atoms with Gasteiger partial charge in [-0.25, -0.2) is 9.78 Å². The Morgan fingerprint density at radius 2 is 2.04 bits per heavy atom. The van der Waals surface area contributed by atoms with E-state index in [0.29, 0.717) is 33.7 Å². The molecular formula is C19H12BrNO4. The summed E-state index contributed by atoms with van der Waals surface area (Å²) in [4.78, 5) is 16.3. The maximum absolute atomic E-state index is 11.7. The fourth-order valence-corrected chi connectivity index (χ4v) is 3.24. The van der Waals surface area contributed by atoms with Crippen LogP contribution in [0, 0.1) is 0 Å². The minimum absolute atomic E-state index is 0.180. The number of carbonyl (C=O) groups is 1. The second-order valence-electron chi connectivity index (χ2n) is 5.51. The molecule has 5 nitrogen and oxygen atoms in total. The van der Waals surface area contributed by atoms with Crippen molar-refractivity contribution in [1.29, 1.82) is 0 Å². The summed E-state index contributed by atoms with van der Waals surface area (Å²) in [5.41, 5.74) is 1.88. The van der Waals surface area contributed by atoms with Crippen LogP contribution in [0.2, 0.25) is 0 Å². The Bertz CT molecular complexity index is 1130. The number of carboxylic acids is 1. The van der Waals surface area contributed by atoms with Gasteiger partial charge in [-0.1, -0.05) is 12.1 Å². The summed E-state index contributed by atoms with van der Waals surface area (Å²) in [6, 6.07) is 14.2. The van der Waals surface area contributed by atoms with Gasteiger partial charge in [0.2, 0.25) is 0 Å². The van der Waals surface area contributed by atoms with Crippen molar-refractivity contribution in [2.24, 2.45) is 0 Å². The summed E-state index contributed by atoms with van der Waals surface area (Å²) in [6.07, 6.45) is 0. The van der Waals surface area contributed by atoms with Crippen LogP contribution >= 0.6 is 15.9 Å². The van der Waals surface area contributed by atoms with Crippen LogP contribution in [-0.2, 0) is 0 Å². The SMILES string of the molecule is COc1ccc2cc(-c3cc(C(=O)O)c4cccc(Br)c4n3)oc2c1. The minimum atomic E-state index is -1.01. The molecular weight excluding hydrogens is 386 g/mol. The highest BCUT2D eigenvalue weighted by Crippen LogP contribution is 2.33. The molecule has 2 aromatic carbocycles. The molecule has 1 N–H and O–H groups in total. The zero-order chi connectivity index (χ0) is 17.6. The van der Waals surface area contributed by atoms with Crippen molar-refractivity contribution in [3.05, 3.63) is 58.6 Å². The van der Waals surface area contributed by atoms with E-state index in [-0.39, 0.29) is 5.56 Å². The van der Waals surface area contributed by atoms with Crippen molar-refractivity contribution in [2.75, 3.05) is 7.11 Å². The van der Waals surface area contributed by atoms with Gasteiger partial charge in [-0.05, 0) is 46.3 Å². The van der Waals surface area contributed by atoms with Gasteiger partial charge >= 0.3 is 5.97 Å². The predicted octanol–water partition coefficient (Wildman–Crippen LogP) is 5.12. The Kier molecular flexibility index (Phi) is 3.69. The topological polar surface area (TPSA) is 72.6 Å². The van der Waals surface area contributed by atoms with Gasteiger partial charge in [0.05, 0.1) is 18.2 Å². The second kappa shape index (κ2) is 5.89. The molecule has 0 aliphatic heterocycles. The number of fused-ring (bicyclic) bond motifs is 2. The molecule has 2 aromatic heterocycles. The van der Waals surface area contributed by atoms with Crippen LogP contribution in [0.4, 0.5) is 0 Å². The van der Waals surface area contributed by atoms with Crippen LogP contribution in [0.1, 0.15) is 10.4 Å². The Morgan fingerprint density at radius 1 is 1.20 bits per heavy atom. The molecule has 0 spiro atoms. The second-order valence-corrected chi connectivity index (χ2v) is 6.36. The smallest absolute Gasteiger partial charge is 0.336 e. The first kappa shape index (κ1) is 15.7. The lowest BCUT2D eigenvalue weighted by Crippen LogP contribution is -2.00. The first-order valence-corrected chi connectivity index (χ1v) is 8.26. The number of para-hydroxylation sites is 1. The van der Waals surface area contributed by atoms with Gasteiger partial charge in [0.15, 0.2) is 5.76 Å². The van der Waals surface area contributed by atoms with Gasteiger partial charge in [0, 0.05) is 21.3 Å². The number of nitrogens with zero attached hydrogens (tertiary/aromatic N) is 1. The van der Waals surface area contributed by atoms with Crippen LogP contribution in [-0.4, -0.2) is 23.2 Å². The molecule has 0 aliphatic carbocycles. The lowest BCUT2D eigenvalue weighted by atomic mass is 10.1. The van der Waals surface area contributed by atoms with E-state index in [9.17, 15) is 9.90 Å². The van der Waals surface area contributed by atoms with E-state index in [1.807, 2.05) is 24.3 Å². The number of rotatable bonds is 3. The minimum Gasteiger partial charge on any atom is -0.497 e. The Labute approximate surface area is 151 Å². The number of aromatic nitrogens is 1. The van der Waals surface area contributed by atoms with Gasteiger partial charge < -0.3 is 14.3 Å². The van der Waals surface area contributed by atoms with E-state index in [0.717, 1.165) is 9.86 Å². The Hall–Kier alpha value is -2.86. The highest BCUT2D eigenvalue weighted by atomic mass is 79.9. The first-order chi connectivity index (χ1) is 12.1. The van der Waals surface area contributed by atoms with E-state index in [1.54, 1.807) is 25.3 Å². The summed E-state index contributed by atoms with van der Waals surface area (Å²) in [7, 11) is 1.59. The molecule has 0 saturated carbocycles. The summed E-state index contributed by atoms with van der Waals surface area (Å²) in [6.45, 7) is 0. The predicted molar refractivity (Wildman–Crippen MR) is 98.2 cm³/mol. The quantitative estimate of drug-likeness (QED) is 0.519. The molecule has 4 rings (SSSR count). The summed E-state index contributed by atoms with van der Waals surface area (Å²) < 4.78 is 11.8. The zero-order valence-corrected chi connectivity index (χ0v) is 14.7. The molecule has 4 aromatic rings. The molecule has 25 heavy (non-hydrogen) atoms. The third kappa shape index (κ3) is 2.64. The fourth-order valence-electron chi connectivity index (χ4n) is 2.78. The maximum atomic E-state index is 11.7. The monoisotopic (exact) mass is 397 g/mol. The molecule has 2 heterocycles. The molecule has 0 bridgehead atoms. The third-order valence-electron chi connectivity index (χ3n) is 4.00. The normalized spacial score (nSPS) is 11.1. The third-order valence-corrected chi connectivity index (χ3v) is 4.64. The summed E-state index contributed by atoms with van der Waals surface area (Å²) in [5.74, 6) is 0.182. The van der Waals surface area contributed by atoms with E-state index >= 15 is 0 Å². The highest BCUT2D eigenvalue weighted by Gasteiger charge is 2.16. The number of hydrogen-bond acceptors (Lipinski definition) is 4. The number of carboxylic acid groups (broad SMARTS) is 1. The molecule has 0 unspecified atom stereocenters. The molecule has 0 amide bonds. The average molecular weight is 398 g/mol. The van der Waals surface area contributed by atoms with Gasteiger partial charge in [-0.2, -0.15) is 0 Å². The van der Waals surface area contributed by atoms with E-state index < -0.39 is 5.97 Å². The summed E-state index contributed by atoms with van der Waals surface area (Å²) >= 11 is 3.44. The number of hydrogen-bond donors (Lipinski definition) is 1. The molecule has 6 heteroatoms. The molecule has 0 radical (unpaired) electrons. The maximum Gasteiger partial charge on any atom is 0.336 e. The van der Waals surface area contributed by atoms with E-state index in [2.05, 4.69) is 20.9 Å². The number of methoxy groups -OCH3 is 1. The van der Waals surface area contributed by atoms with Gasteiger partial charge in [-0.15, -0.1) is 0 Å². The first-order valence-electron chi connectivity index (χ1n) is 7.47. The fraction of sp³-hybridized carbons (Fsp3) is 0.0526. The van der Waals surface area contributed by atoms with Gasteiger partial charge in [-0.3, -0.25) is 0 Å². The number of furan rings is 1. The number of aromatic carboxylic acids is 1. The van der Waals surface area contributed by atoms with Crippen molar-refractivity contribution in [3.63, 3.8) is 0 Å². The standard InChI is InChI=1S/C19H12BrNO4/c1-24-11-6-5-10-7-17(25-16(10)8-11)15-9-13(19(22)23)12-3-2-4-14(20)18(12)21-15/h2-9H,1H3,(H,22,23).